The SMILES string of the molecule is C1CCC(C2CCc3nnc(C45CC6CC(CC(C6)C4)C5)n3C2)CC1. The maximum absolute atomic E-state index is 4.88. The molecule has 136 valence electrons. The van der Waals surface area contributed by atoms with Crippen LogP contribution in [0.25, 0.3) is 0 Å². The lowest BCUT2D eigenvalue weighted by Gasteiger charge is -2.56. The zero-order valence-electron chi connectivity index (χ0n) is 15.6. The zero-order chi connectivity index (χ0) is 16.4. The molecule has 0 aromatic carbocycles. The van der Waals surface area contributed by atoms with E-state index in [0.29, 0.717) is 5.41 Å². The third-order valence-electron chi connectivity index (χ3n) is 8.81. The number of hydrogen-bond donors (Lipinski definition) is 0. The standard InChI is InChI=1S/C22H33N3/c1-2-4-18(5-3-1)19-6-7-20-23-24-21(25(20)14-19)22-11-15-8-16(12-22)10-17(9-15)13-22/h15-19H,1-14H2. The van der Waals surface area contributed by atoms with Crippen LogP contribution in [0.15, 0.2) is 0 Å². The van der Waals surface area contributed by atoms with E-state index in [1.807, 2.05) is 0 Å². The van der Waals surface area contributed by atoms with Gasteiger partial charge in [-0.15, -0.1) is 10.2 Å². The molecule has 1 aliphatic heterocycles. The van der Waals surface area contributed by atoms with Crippen LogP contribution in [-0.2, 0) is 18.4 Å². The van der Waals surface area contributed by atoms with E-state index in [0.717, 1.165) is 29.6 Å². The maximum atomic E-state index is 4.88. The second kappa shape index (κ2) is 5.57. The van der Waals surface area contributed by atoms with Gasteiger partial charge in [-0.2, -0.15) is 0 Å². The van der Waals surface area contributed by atoms with Crippen molar-refractivity contribution in [2.24, 2.45) is 29.6 Å². The number of aromatic nitrogens is 3. The van der Waals surface area contributed by atoms with Crippen molar-refractivity contribution in [1.29, 1.82) is 0 Å². The van der Waals surface area contributed by atoms with E-state index < -0.39 is 0 Å². The molecular formula is C22H33N3. The van der Waals surface area contributed by atoms with Crippen molar-refractivity contribution in [3.8, 4) is 0 Å². The quantitative estimate of drug-likeness (QED) is 0.768. The van der Waals surface area contributed by atoms with E-state index >= 15 is 0 Å². The van der Waals surface area contributed by atoms with E-state index in [2.05, 4.69) is 4.57 Å². The first-order chi connectivity index (χ1) is 12.3. The Morgan fingerprint density at radius 2 is 1.44 bits per heavy atom. The van der Waals surface area contributed by atoms with E-state index in [1.54, 1.807) is 0 Å². The van der Waals surface area contributed by atoms with Crippen molar-refractivity contribution in [3.63, 3.8) is 0 Å². The van der Waals surface area contributed by atoms with E-state index in [-0.39, 0.29) is 0 Å². The van der Waals surface area contributed by atoms with Crippen LogP contribution in [0.2, 0.25) is 0 Å². The maximum Gasteiger partial charge on any atom is 0.139 e. The molecule has 1 unspecified atom stereocenters. The molecule has 3 nitrogen and oxygen atoms in total. The summed E-state index contributed by atoms with van der Waals surface area (Å²) in [6.45, 7) is 1.24. The van der Waals surface area contributed by atoms with Gasteiger partial charge < -0.3 is 4.57 Å². The molecule has 5 aliphatic carbocycles. The average molecular weight is 340 g/mol. The van der Waals surface area contributed by atoms with Crippen LogP contribution in [-0.4, -0.2) is 14.8 Å². The van der Waals surface area contributed by atoms with Gasteiger partial charge in [0.2, 0.25) is 0 Å². The highest BCUT2D eigenvalue weighted by Gasteiger charge is 2.54. The summed E-state index contributed by atoms with van der Waals surface area (Å²) in [6.07, 6.45) is 18.7. The Hall–Kier alpha value is -0.860. The zero-order valence-corrected chi connectivity index (χ0v) is 15.6. The largest absolute Gasteiger partial charge is 0.314 e. The molecule has 1 aromatic heterocycles. The van der Waals surface area contributed by atoms with Gasteiger partial charge in [-0.3, -0.25) is 0 Å². The predicted molar refractivity (Wildman–Crippen MR) is 98.3 cm³/mol. The van der Waals surface area contributed by atoms with Crippen molar-refractivity contribution < 1.29 is 0 Å². The number of fused-ring (bicyclic) bond motifs is 1. The van der Waals surface area contributed by atoms with Crippen LogP contribution < -0.4 is 0 Å². The highest BCUT2D eigenvalue weighted by atomic mass is 15.3. The molecule has 5 saturated carbocycles. The topological polar surface area (TPSA) is 30.7 Å². The summed E-state index contributed by atoms with van der Waals surface area (Å²) < 4.78 is 2.65. The molecule has 6 aliphatic rings. The Balaban J connectivity index is 1.31. The fraction of sp³-hybridized carbons (Fsp3) is 0.909. The Labute approximate surface area is 152 Å². The lowest BCUT2D eigenvalue weighted by atomic mass is 9.49. The van der Waals surface area contributed by atoms with Crippen LogP contribution in [0.5, 0.6) is 0 Å². The molecule has 0 saturated heterocycles. The number of rotatable bonds is 2. The second-order valence-electron chi connectivity index (χ2n) is 10.4. The van der Waals surface area contributed by atoms with Crippen LogP contribution >= 0.6 is 0 Å². The minimum atomic E-state index is 0.411. The molecule has 4 bridgehead atoms. The first kappa shape index (κ1) is 15.2. The van der Waals surface area contributed by atoms with Gasteiger partial charge in [-0.1, -0.05) is 32.1 Å². The molecule has 0 N–H and O–H groups in total. The average Bonchev–Trinajstić information content (AvgIpc) is 3.05. The van der Waals surface area contributed by atoms with Crippen molar-refractivity contribution >= 4 is 0 Å². The number of aryl methyl sites for hydroxylation is 1. The molecule has 0 spiro atoms. The number of nitrogens with zero attached hydrogens (tertiary/aromatic N) is 3. The van der Waals surface area contributed by atoms with Crippen molar-refractivity contribution in [2.75, 3.05) is 0 Å². The molecule has 0 radical (unpaired) electrons. The molecule has 7 rings (SSSR count). The monoisotopic (exact) mass is 339 g/mol. The minimum Gasteiger partial charge on any atom is -0.314 e. The molecule has 2 heterocycles. The summed E-state index contributed by atoms with van der Waals surface area (Å²) in [6, 6.07) is 0. The molecule has 1 atom stereocenters. The van der Waals surface area contributed by atoms with Crippen LogP contribution in [0.3, 0.4) is 0 Å². The van der Waals surface area contributed by atoms with Crippen LogP contribution in [0, 0.1) is 29.6 Å². The Kier molecular flexibility index (Phi) is 3.39. The third-order valence-corrected chi connectivity index (χ3v) is 8.81. The predicted octanol–water partition coefficient (Wildman–Crippen LogP) is 4.89. The fourth-order valence-electron chi connectivity index (χ4n) is 8.12. The smallest absolute Gasteiger partial charge is 0.139 e. The molecule has 1 aromatic rings. The van der Waals surface area contributed by atoms with Gasteiger partial charge in [-0.25, -0.2) is 0 Å². The summed E-state index contributed by atoms with van der Waals surface area (Å²) in [4.78, 5) is 0. The second-order valence-corrected chi connectivity index (χ2v) is 10.4. The van der Waals surface area contributed by atoms with Gasteiger partial charge in [0, 0.05) is 18.4 Å². The highest BCUT2D eigenvalue weighted by molar-refractivity contribution is 5.19. The van der Waals surface area contributed by atoms with Gasteiger partial charge in [0.1, 0.15) is 11.6 Å². The normalized spacial score (nSPS) is 43.4. The van der Waals surface area contributed by atoms with Crippen LogP contribution in [0.1, 0.15) is 88.7 Å². The van der Waals surface area contributed by atoms with E-state index in [4.69, 9.17) is 10.2 Å². The first-order valence-corrected chi connectivity index (χ1v) is 11.2. The first-order valence-electron chi connectivity index (χ1n) is 11.2. The van der Waals surface area contributed by atoms with Crippen molar-refractivity contribution in [1.82, 2.24) is 14.8 Å². The summed E-state index contributed by atoms with van der Waals surface area (Å²) in [5, 5.41) is 9.59. The number of hydrogen-bond acceptors (Lipinski definition) is 2. The summed E-state index contributed by atoms with van der Waals surface area (Å²) in [5.74, 6) is 7.62. The van der Waals surface area contributed by atoms with E-state index in [9.17, 15) is 0 Å². The Bertz CT molecular complexity index is 619. The molecule has 25 heavy (non-hydrogen) atoms. The van der Waals surface area contributed by atoms with Gasteiger partial charge in [0.05, 0.1) is 0 Å². The molecule has 3 heteroatoms. The molecular weight excluding hydrogens is 306 g/mol. The van der Waals surface area contributed by atoms with Gasteiger partial charge in [0.25, 0.3) is 0 Å². The van der Waals surface area contributed by atoms with E-state index in [1.165, 1.54) is 102 Å². The molecule has 0 amide bonds. The van der Waals surface area contributed by atoms with Crippen LogP contribution in [0.4, 0.5) is 0 Å². The minimum absolute atomic E-state index is 0.411. The summed E-state index contributed by atoms with van der Waals surface area (Å²) in [7, 11) is 0. The van der Waals surface area contributed by atoms with Gasteiger partial charge >= 0.3 is 0 Å². The lowest BCUT2D eigenvalue weighted by molar-refractivity contribution is -0.0121. The Morgan fingerprint density at radius 3 is 2.12 bits per heavy atom. The lowest BCUT2D eigenvalue weighted by Crippen LogP contribution is -2.50. The van der Waals surface area contributed by atoms with Gasteiger partial charge in [0.15, 0.2) is 0 Å². The fourth-order valence-corrected chi connectivity index (χ4v) is 8.12. The summed E-state index contributed by atoms with van der Waals surface area (Å²) >= 11 is 0. The molecule has 5 fully saturated rings. The highest BCUT2D eigenvalue weighted by Crippen LogP contribution is 2.60. The Morgan fingerprint density at radius 1 is 0.760 bits per heavy atom. The third kappa shape index (κ3) is 2.36. The summed E-state index contributed by atoms with van der Waals surface area (Å²) in [5.41, 5.74) is 0.411. The van der Waals surface area contributed by atoms with Crippen molar-refractivity contribution in [2.45, 2.75) is 95.4 Å². The van der Waals surface area contributed by atoms with Gasteiger partial charge in [-0.05, 0) is 74.5 Å². The van der Waals surface area contributed by atoms with Crippen molar-refractivity contribution in [3.05, 3.63) is 11.6 Å².